The van der Waals surface area contributed by atoms with E-state index in [4.69, 9.17) is 0 Å². The van der Waals surface area contributed by atoms with Gasteiger partial charge in [-0.2, -0.15) is 4.31 Å². The fourth-order valence-electron chi connectivity index (χ4n) is 2.10. The predicted octanol–water partition coefficient (Wildman–Crippen LogP) is 1.92. The van der Waals surface area contributed by atoms with Crippen molar-refractivity contribution in [2.45, 2.75) is 6.92 Å². The molecule has 0 aliphatic carbocycles. The molecule has 1 aliphatic heterocycles. The van der Waals surface area contributed by atoms with E-state index in [1.807, 2.05) is 24.3 Å². The minimum atomic E-state index is -3.04. The topological polar surface area (TPSA) is 40.6 Å². The zero-order valence-corrected chi connectivity index (χ0v) is 12.7. The molecule has 0 bridgehead atoms. The van der Waals surface area contributed by atoms with Gasteiger partial charge in [-0.15, -0.1) is 0 Å². The number of hydrogen-bond acceptors (Lipinski definition) is 3. The van der Waals surface area contributed by atoms with Crippen LogP contribution in [0.5, 0.6) is 0 Å². The fourth-order valence-corrected chi connectivity index (χ4v) is 3.72. The van der Waals surface area contributed by atoms with Gasteiger partial charge >= 0.3 is 0 Å². The van der Waals surface area contributed by atoms with Crippen molar-refractivity contribution in [2.24, 2.45) is 0 Å². The van der Waals surface area contributed by atoms with E-state index < -0.39 is 10.0 Å². The Kier molecular flexibility index (Phi) is 4.29. The summed E-state index contributed by atoms with van der Waals surface area (Å²) in [7, 11) is -3.04. The second-order valence-corrected chi connectivity index (χ2v) is 7.35. The molecule has 6 heteroatoms. The lowest BCUT2D eigenvalue weighted by molar-refractivity contribution is 0.385. The van der Waals surface area contributed by atoms with Gasteiger partial charge in [-0.1, -0.05) is 12.1 Å². The number of anilines is 1. The summed E-state index contributed by atoms with van der Waals surface area (Å²) in [5.41, 5.74) is 1.13. The molecule has 1 aromatic rings. The molecule has 0 radical (unpaired) electrons. The Balaban J connectivity index is 2.06. The van der Waals surface area contributed by atoms with E-state index in [-0.39, 0.29) is 5.75 Å². The zero-order valence-electron chi connectivity index (χ0n) is 10.3. The molecule has 2 rings (SSSR count). The smallest absolute Gasteiger partial charge is 0.213 e. The van der Waals surface area contributed by atoms with Crippen molar-refractivity contribution < 1.29 is 8.42 Å². The first kappa shape index (κ1) is 13.8. The van der Waals surface area contributed by atoms with Crippen LogP contribution in [0.3, 0.4) is 0 Å². The minimum Gasteiger partial charge on any atom is -0.368 e. The lowest BCUT2D eigenvalue weighted by Crippen LogP contribution is -2.49. The summed E-state index contributed by atoms with van der Waals surface area (Å²) in [5, 5.41) is 0. The Bertz CT molecular complexity index is 511. The number of para-hydroxylation sites is 1. The van der Waals surface area contributed by atoms with Gasteiger partial charge in [0.15, 0.2) is 0 Å². The molecule has 4 nitrogen and oxygen atoms in total. The van der Waals surface area contributed by atoms with E-state index in [0.717, 1.165) is 23.2 Å². The van der Waals surface area contributed by atoms with Crippen LogP contribution in [0.4, 0.5) is 5.69 Å². The highest BCUT2D eigenvalue weighted by atomic mass is 79.9. The standard InChI is InChI=1S/C12H17BrN2O2S/c1-2-18(16,17)15-9-7-14(8-10-15)12-6-4-3-5-11(12)13/h3-6H,2,7-10H2,1H3. The van der Waals surface area contributed by atoms with E-state index in [2.05, 4.69) is 20.8 Å². The Hall–Kier alpha value is -0.590. The van der Waals surface area contributed by atoms with E-state index in [0.29, 0.717) is 13.1 Å². The lowest BCUT2D eigenvalue weighted by atomic mass is 10.2. The third-order valence-electron chi connectivity index (χ3n) is 3.19. The van der Waals surface area contributed by atoms with Gasteiger partial charge in [-0.3, -0.25) is 0 Å². The average molecular weight is 333 g/mol. The van der Waals surface area contributed by atoms with Crippen molar-refractivity contribution in [1.82, 2.24) is 4.31 Å². The van der Waals surface area contributed by atoms with Crippen LogP contribution in [0, 0.1) is 0 Å². The summed E-state index contributed by atoms with van der Waals surface area (Å²) >= 11 is 3.53. The number of piperazine rings is 1. The summed E-state index contributed by atoms with van der Waals surface area (Å²) in [6.45, 7) is 4.30. The third-order valence-corrected chi connectivity index (χ3v) is 5.74. The normalized spacial score (nSPS) is 18.0. The number of hydrogen-bond donors (Lipinski definition) is 0. The molecule has 0 unspecified atom stereocenters. The quantitative estimate of drug-likeness (QED) is 0.849. The van der Waals surface area contributed by atoms with Gasteiger partial charge in [0.1, 0.15) is 0 Å². The first-order valence-electron chi connectivity index (χ1n) is 6.02. The van der Waals surface area contributed by atoms with Gasteiger partial charge < -0.3 is 4.90 Å². The van der Waals surface area contributed by atoms with E-state index >= 15 is 0 Å². The molecule has 0 amide bonds. The Morgan fingerprint density at radius 1 is 1.17 bits per heavy atom. The molecule has 1 fully saturated rings. The maximum absolute atomic E-state index is 11.8. The van der Waals surface area contributed by atoms with Crippen LogP contribution in [-0.2, 0) is 10.0 Å². The van der Waals surface area contributed by atoms with Gasteiger partial charge in [0.2, 0.25) is 10.0 Å². The van der Waals surface area contributed by atoms with Gasteiger partial charge in [-0.25, -0.2) is 8.42 Å². The van der Waals surface area contributed by atoms with Crippen LogP contribution in [0.1, 0.15) is 6.92 Å². The van der Waals surface area contributed by atoms with E-state index in [9.17, 15) is 8.42 Å². The largest absolute Gasteiger partial charge is 0.368 e. The highest BCUT2D eigenvalue weighted by molar-refractivity contribution is 9.10. The molecule has 0 N–H and O–H groups in total. The molecular formula is C12H17BrN2O2S. The van der Waals surface area contributed by atoms with Crippen molar-refractivity contribution in [2.75, 3.05) is 36.8 Å². The predicted molar refractivity (Wildman–Crippen MR) is 77.4 cm³/mol. The summed E-state index contributed by atoms with van der Waals surface area (Å²) < 4.78 is 26.2. The highest BCUT2D eigenvalue weighted by Gasteiger charge is 2.25. The first-order valence-corrected chi connectivity index (χ1v) is 8.42. The lowest BCUT2D eigenvalue weighted by Gasteiger charge is -2.35. The summed E-state index contributed by atoms with van der Waals surface area (Å²) in [6.07, 6.45) is 0. The SMILES string of the molecule is CCS(=O)(=O)N1CCN(c2ccccc2Br)CC1. The molecule has 1 aliphatic rings. The number of sulfonamides is 1. The molecule has 0 aromatic heterocycles. The van der Waals surface area contributed by atoms with Crippen molar-refractivity contribution in [3.63, 3.8) is 0 Å². The third kappa shape index (κ3) is 2.87. The maximum Gasteiger partial charge on any atom is 0.213 e. The maximum atomic E-state index is 11.8. The number of halogens is 1. The molecule has 0 saturated carbocycles. The monoisotopic (exact) mass is 332 g/mol. The van der Waals surface area contributed by atoms with Crippen molar-refractivity contribution in [3.8, 4) is 0 Å². The first-order chi connectivity index (χ1) is 8.54. The Labute approximate surface area is 117 Å². The molecule has 1 heterocycles. The fraction of sp³-hybridized carbons (Fsp3) is 0.500. The molecule has 0 spiro atoms. The van der Waals surface area contributed by atoms with Gasteiger partial charge in [0, 0.05) is 30.7 Å². The highest BCUT2D eigenvalue weighted by Crippen LogP contribution is 2.26. The Morgan fingerprint density at radius 2 is 1.78 bits per heavy atom. The van der Waals surface area contributed by atoms with Crippen LogP contribution < -0.4 is 4.90 Å². The summed E-state index contributed by atoms with van der Waals surface area (Å²) in [5.74, 6) is 0.183. The number of rotatable bonds is 3. The van der Waals surface area contributed by atoms with E-state index in [1.165, 1.54) is 0 Å². The second kappa shape index (κ2) is 5.59. The van der Waals surface area contributed by atoms with Crippen LogP contribution in [0.25, 0.3) is 0 Å². The van der Waals surface area contributed by atoms with Crippen LogP contribution in [0.2, 0.25) is 0 Å². The van der Waals surface area contributed by atoms with E-state index in [1.54, 1.807) is 11.2 Å². The molecular weight excluding hydrogens is 316 g/mol. The number of nitrogens with zero attached hydrogens (tertiary/aromatic N) is 2. The van der Waals surface area contributed by atoms with Crippen molar-refractivity contribution in [3.05, 3.63) is 28.7 Å². The van der Waals surface area contributed by atoms with Crippen molar-refractivity contribution in [1.29, 1.82) is 0 Å². The molecule has 1 aromatic carbocycles. The molecule has 18 heavy (non-hydrogen) atoms. The molecule has 1 saturated heterocycles. The minimum absolute atomic E-state index is 0.183. The molecule has 0 atom stereocenters. The van der Waals surface area contributed by atoms with Gasteiger partial charge in [0.25, 0.3) is 0 Å². The summed E-state index contributed by atoms with van der Waals surface area (Å²) in [4.78, 5) is 2.21. The van der Waals surface area contributed by atoms with Gasteiger partial charge in [-0.05, 0) is 35.0 Å². The summed E-state index contributed by atoms with van der Waals surface area (Å²) in [6, 6.07) is 8.03. The average Bonchev–Trinajstić information content (AvgIpc) is 2.39. The number of benzene rings is 1. The van der Waals surface area contributed by atoms with Crippen molar-refractivity contribution >= 4 is 31.6 Å². The Morgan fingerprint density at radius 3 is 2.33 bits per heavy atom. The van der Waals surface area contributed by atoms with Crippen LogP contribution >= 0.6 is 15.9 Å². The van der Waals surface area contributed by atoms with Crippen LogP contribution in [-0.4, -0.2) is 44.7 Å². The molecule has 100 valence electrons. The van der Waals surface area contributed by atoms with Crippen LogP contribution in [0.15, 0.2) is 28.7 Å². The second-order valence-electron chi connectivity index (χ2n) is 4.24. The van der Waals surface area contributed by atoms with Gasteiger partial charge in [0.05, 0.1) is 11.4 Å². The zero-order chi connectivity index (χ0) is 13.2.